The molecular weight excluding hydrogens is 546 g/mol. The number of urea groups is 1. The molecule has 1 unspecified atom stereocenters. The van der Waals surface area contributed by atoms with Gasteiger partial charge < -0.3 is 9.64 Å². The molecule has 39 heavy (non-hydrogen) atoms. The third-order valence-corrected chi connectivity index (χ3v) is 7.51. The number of pyridine rings is 1. The van der Waals surface area contributed by atoms with Crippen molar-refractivity contribution in [3.8, 4) is 11.6 Å². The lowest BCUT2D eigenvalue weighted by Crippen LogP contribution is -2.59. The Bertz CT molecular complexity index is 1620. The molecule has 2 aliphatic heterocycles. The SMILES string of the molecule is Cc1nn(-c2cc(OC3CN(C(=O)N4N=CCC4c4cc(F)cc(F)c4F)C3)c(F)cn2)c(C)c1S(N)(=O)=O. The number of ether oxygens (including phenoxy) is 1. The smallest absolute Gasteiger partial charge is 0.341 e. The molecule has 3 aromatic rings. The third kappa shape index (κ3) is 4.80. The van der Waals surface area contributed by atoms with Crippen LogP contribution in [0.2, 0.25) is 0 Å². The van der Waals surface area contributed by atoms with E-state index in [0.717, 1.165) is 17.3 Å². The van der Waals surface area contributed by atoms with E-state index in [9.17, 15) is 30.8 Å². The molecular formula is C23H21F4N7O4S. The molecule has 1 aromatic carbocycles. The number of likely N-dealkylation sites (tertiary alicyclic amines) is 1. The van der Waals surface area contributed by atoms with Crippen molar-refractivity contribution in [1.29, 1.82) is 0 Å². The van der Waals surface area contributed by atoms with E-state index in [-0.39, 0.29) is 52.9 Å². The minimum Gasteiger partial charge on any atom is -0.483 e. The van der Waals surface area contributed by atoms with Crippen molar-refractivity contribution in [3.63, 3.8) is 0 Å². The summed E-state index contributed by atoms with van der Waals surface area (Å²) in [4.78, 5) is 18.0. The summed E-state index contributed by atoms with van der Waals surface area (Å²) in [7, 11) is -4.06. The fourth-order valence-electron chi connectivity index (χ4n) is 4.55. The van der Waals surface area contributed by atoms with Crippen molar-refractivity contribution in [2.45, 2.75) is 37.3 Å². The molecule has 206 valence electrons. The number of primary sulfonamides is 1. The summed E-state index contributed by atoms with van der Waals surface area (Å²) in [5.41, 5.74) is -0.0240. The van der Waals surface area contributed by atoms with Crippen LogP contribution in [0.25, 0.3) is 5.82 Å². The maximum absolute atomic E-state index is 14.5. The summed E-state index contributed by atoms with van der Waals surface area (Å²) < 4.78 is 86.9. The second-order valence-corrected chi connectivity index (χ2v) is 10.5. The molecule has 0 saturated carbocycles. The lowest BCUT2D eigenvalue weighted by Gasteiger charge is -2.41. The highest BCUT2D eigenvalue weighted by molar-refractivity contribution is 7.89. The van der Waals surface area contributed by atoms with Crippen LogP contribution in [0.4, 0.5) is 22.4 Å². The first-order valence-electron chi connectivity index (χ1n) is 11.5. The van der Waals surface area contributed by atoms with Crippen LogP contribution in [0.5, 0.6) is 5.75 Å². The Balaban J connectivity index is 1.28. The first-order chi connectivity index (χ1) is 18.3. The van der Waals surface area contributed by atoms with Gasteiger partial charge >= 0.3 is 6.03 Å². The van der Waals surface area contributed by atoms with Gasteiger partial charge in [0, 0.05) is 30.3 Å². The number of nitrogens with two attached hydrogens (primary N) is 1. The van der Waals surface area contributed by atoms with Crippen molar-refractivity contribution >= 4 is 22.3 Å². The second-order valence-electron chi connectivity index (χ2n) is 9.04. The molecule has 16 heteroatoms. The standard InChI is InChI=1S/C23H21F4N7O4S/c1-11-22(39(28,36)37)12(2)33(31-11)20-7-19(17(26)8-29-20)38-14-9-32(10-14)23(35)34-18(3-4-30-34)15-5-13(24)6-16(25)21(15)27/h4-8,14,18H,3,9-10H2,1-2H3,(H2,28,36,37). The molecule has 0 aliphatic carbocycles. The number of sulfonamides is 1. The first-order valence-corrected chi connectivity index (χ1v) is 13.1. The summed E-state index contributed by atoms with van der Waals surface area (Å²) in [5.74, 6) is -4.56. The number of amides is 2. The molecule has 2 N–H and O–H groups in total. The van der Waals surface area contributed by atoms with E-state index in [0.29, 0.717) is 6.07 Å². The fourth-order valence-corrected chi connectivity index (χ4v) is 5.50. The molecule has 11 nitrogen and oxygen atoms in total. The molecule has 2 aromatic heterocycles. The molecule has 0 bridgehead atoms. The average molecular weight is 568 g/mol. The number of hydrazone groups is 1. The average Bonchev–Trinajstić information content (AvgIpc) is 3.43. The van der Waals surface area contributed by atoms with Crippen LogP contribution in [0.3, 0.4) is 0 Å². The summed E-state index contributed by atoms with van der Waals surface area (Å²) in [6.07, 6.45) is 1.65. The van der Waals surface area contributed by atoms with Gasteiger partial charge in [0.25, 0.3) is 0 Å². The molecule has 2 amide bonds. The predicted octanol–water partition coefficient (Wildman–Crippen LogP) is 2.70. The van der Waals surface area contributed by atoms with E-state index >= 15 is 0 Å². The highest BCUT2D eigenvalue weighted by Crippen LogP contribution is 2.34. The van der Waals surface area contributed by atoms with Gasteiger partial charge in [0.1, 0.15) is 16.8 Å². The van der Waals surface area contributed by atoms with Crippen LogP contribution in [-0.4, -0.2) is 64.5 Å². The Morgan fingerprint density at radius 3 is 2.49 bits per heavy atom. The van der Waals surface area contributed by atoms with Crippen LogP contribution in [0, 0.1) is 37.1 Å². The maximum Gasteiger partial charge on any atom is 0.341 e. The summed E-state index contributed by atoms with van der Waals surface area (Å²) in [6.45, 7) is 2.96. The highest BCUT2D eigenvalue weighted by atomic mass is 32.2. The summed E-state index contributed by atoms with van der Waals surface area (Å²) in [5, 5.41) is 14.3. The molecule has 0 spiro atoms. The van der Waals surface area contributed by atoms with Gasteiger partial charge in [0.2, 0.25) is 10.0 Å². The zero-order valence-corrected chi connectivity index (χ0v) is 21.3. The van der Waals surface area contributed by atoms with Gasteiger partial charge in [-0.15, -0.1) is 0 Å². The van der Waals surface area contributed by atoms with Crippen LogP contribution in [-0.2, 0) is 10.0 Å². The molecule has 4 heterocycles. The Morgan fingerprint density at radius 2 is 1.82 bits per heavy atom. The lowest BCUT2D eigenvalue weighted by atomic mass is 10.0. The summed E-state index contributed by atoms with van der Waals surface area (Å²) >= 11 is 0. The number of carbonyl (C=O) groups is 1. The fraction of sp³-hybridized carbons (Fsp3) is 0.304. The van der Waals surface area contributed by atoms with E-state index in [1.54, 1.807) is 0 Å². The van der Waals surface area contributed by atoms with Gasteiger partial charge in [-0.25, -0.2) is 50.6 Å². The van der Waals surface area contributed by atoms with E-state index in [1.165, 1.54) is 35.7 Å². The normalized spacial score (nSPS) is 17.6. The van der Waals surface area contributed by atoms with Gasteiger partial charge in [-0.1, -0.05) is 0 Å². The van der Waals surface area contributed by atoms with Crippen LogP contribution in [0.15, 0.2) is 34.4 Å². The number of carbonyl (C=O) groups excluding carboxylic acids is 1. The number of hydrogen-bond donors (Lipinski definition) is 1. The second kappa shape index (κ2) is 9.60. The number of halogens is 4. The third-order valence-electron chi connectivity index (χ3n) is 6.35. The summed E-state index contributed by atoms with van der Waals surface area (Å²) in [6, 6.07) is 0.778. The van der Waals surface area contributed by atoms with Crippen molar-refractivity contribution in [2.24, 2.45) is 10.2 Å². The zero-order chi connectivity index (χ0) is 28.2. The highest BCUT2D eigenvalue weighted by Gasteiger charge is 2.40. The Hall–Kier alpha value is -4.05. The minimum absolute atomic E-state index is 0.0180. The molecule has 0 radical (unpaired) electrons. The van der Waals surface area contributed by atoms with Gasteiger partial charge in [0.05, 0.1) is 36.7 Å². The predicted molar refractivity (Wildman–Crippen MR) is 128 cm³/mol. The molecule has 1 atom stereocenters. The number of aryl methyl sites for hydroxylation is 1. The quantitative estimate of drug-likeness (QED) is 0.372. The van der Waals surface area contributed by atoms with E-state index in [2.05, 4.69) is 15.2 Å². The number of aromatic nitrogens is 3. The largest absolute Gasteiger partial charge is 0.483 e. The Morgan fingerprint density at radius 1 is 1.10 bits per heavy atom. The minimum atomic E-state index is -4.06. The van der Waals surface area contributed by atoms with Gasteiger partial charge in [0.15, 0.2) is 29.0 Å². The molecule has 1 fully saturated rings. The van der Waals surface area contributed by atoms with Crippen LogP contribution in [0.1, 0.15) is 29.4 Å². The van der Waals surface area contributed by atoms with Crippen molar-refractivity contribution < 1.29 is 35.5 Å². The number of rotatable bonds is 5. The van der Waals surface area contributed by atoms with Crippen LogP contribution >= 0.6 is 0 Å². The Kier molecular flexibility index (Phi) is 6.54. The van der Waals surface area contributed by atoms with Crippen molar-refractivity contribution in [3.05, 3.63) is 64.6 Å². The van der Waals surface area contributed by atoms with Crippen molar-refractivity contribution in [1.82, 2.24) is 24.7 Å². The topological polar surface area (TPSA) is 136 Å². The van der Waals surface area contributed by atoms with Gasteiger partial charge in [-0.2, -0.15) is 10.2 Å². The van der Waals surface area contributed by atoms with E-state index in [4.69, 9.17) is 9.88 Å². The van der Waals surface area contributed by atoms with Gasteiger partial charge in [-0.05, 0) is 19.9 Å². The zero-order valence-electron chi connectivity index (χ0n) is 20.5. The molecule has 2 aliphatic rings. The van der Waals surface area contributed by atoms with Crippen LogP contribution < -0.4 is 9.88 Å². The van der Waals surface area contributed by atoms with Gasteiger partial charge in [-0.3, -0.25) is 0 Å². The molecule has 5 rings (SSSR count). The maximum atomic E-state index is 14.5. The monoisotopic (exact) mass is 567 g/mol. The van der Waals surface area contributed by atoms with E-state index < -0.39 is 51.5 Å². The van der Waals surface area contributed by atoms with Crippen molar-refractivity contribution in [2.75, 3.05) is 13.1 Å². The molecule has 1 saturated heterocycles. The lowest BCUT2D eigenvalue weighted by molar-refractivity contribution is 0.0254. The van der Waals surface area contributed by atoms with E-state index in [1.807, 2.05) is 0 Å². The number of nitrogens with zero attached hydrogens (tertiary/aromatic N) is 6. The number of benzene rings is 1. The number of hydrogen-bond acceptors (Lipinski definition) is 7. The Labute approximate surface area is 219 Å². The first kappa shape index (κ1) is 26.6.